The number of carbonyl (C=O) groups is 1. The number of rotatable bonds is 15. The summed E-state index contributed by atoms with van der Waals surface area (Å²) in [5.74, 6) is 0.220. The van der Waals surface area contributed by atoms with Crippen molar-refractivity contribution in [3.63, 3.8) is 0 Å². The van der Waals surface area contributed by atoms with Crippen molar-refractivity contribution in [3.05, 3.63) is 0 Å². The number of unbranched alkanes of at least 4 members (excludes halogenated alkanes) is 9. The first-order chi connectivity index (χ1) is 9.70. The Hall–Kier alpha value is -0.410. The smallest absolute Gasteiger partial charge is 0.133 e. The number of ketones is 1. The highest BCUT2D eigenvalue weighted by Gasteiger charge is 2.06. The van der Waals surface area contributed by atoms with Gasteiger partial charge in [0.2, 0.25) is 0 Å². The number of hydrogen-bond acceptors (Lipinski definition) is 3. The van der Waals surface area contributed by atoms with Crippen molar-refractivity contribution in [1.82, 2.24) is 0 Å². The number of aliphatic hydroxyl groups is 2. The van der Waals surface area contributed by atoms with Crippen LogP contribution in [-0.2, 0) is 4.79 Å². The van der Waals surface area contributed by atoms with Gasteiger partial charge in [-0.25, -0.2) is 0 Å². The molecule has 3 heteroatoms. The Balaban J connectivity index is 3.17. The second-order valence-corrected chi connectivity index (χ2v) is 5.85. The van der Waals surface area contributed by atoms with Gasteiger partial charge in [0.15, 0.2) is 0 Å². The maximum atomic E-state index is 11.5. The van der Waals surface area contributed by atoms with Crippen molar-refractivity contribution in [2.24, 2.45) is 0 Å². The van der Waals surface area contributed by atoms with Crippen LogP contribution in [0.25, 0.3) is 0 Å². The van der Waals surface area contributed by atoms with E-state index < -0.39 is 6.10 Å². The van der Waals surface area contributed by atoms with E-state index in [1.54, 1.807) is 0 Å². The fraction of sp³-hybridized carbons (Fsp3) is 0.941. The number of aliphatic hydroxyl groups excluding tert-OH is 2. The predicted molar refractivity (Wildman–Crippen MR) is 83.8 cm³/mol. The second-order valence-electron chi connectivity index (χ2n) is 5.85. The van der Waals surface area contributed by atoms with Crippen LogP contribution in [0.1, 0.15) is 90.4 Å². The van der Waals surface area contributed by atoms with Crippen LogP contribution < -0.4 is 0 Å². The normalized spacial score (nSPS) is 12.6. The monoisotopic (exact) mass is 286 g/mol. The fourth-order valence-electron chi connectivity index (χ4n) is 2.35. The maximum Gasteiger partial charge on any atom is 0.133 e. The largest absolute Gasteiger partial charge is 0.394 e. The van der Waals surface area contributed by atoms with Crippen LogP contribution in [0.15, 0.2) is 0 Å². The van der Waals surface area contributed by atoms with Crippen LogP contribution >= 0.6 is 0 Å². The average molecular weight is 286 g/mol. The number of hydrogen-bond donors (Lipinski definition) is 2. The molecule has 0 saturated carbocycles. The zero-order valence-corrected chi connectivity index (χ0v) is 13.3. The average Bonchev–Trinajstić information content (AvgIpc) is 2.46. The molecule has 0 fully saturated rings. The zero-order chi connectivity index (χ0) is 15.1. The van der Waals surface area contributed by atoms with Gasteiger partial charge in [0.05, 0.1) is 12.7 Å². The quantitative estimate of drug-likeness (QED) is 0.447. The van der Waals surface area contributed by atoms with E-state index in [0.29, 0.717) is 19.3 Å². The van der Waals surface area contributed by atoms with Crippen LogP contribution in [0.3, 0.4) is 0 Å². The molecule has 0 aliphatic rings. The second kappa shape index (κ2) is 15.0. The molecule has 0 aliphatic carbocycles. The number of Topliss-reactive ketones (excluding diaryl/α,β-unsaturated/α-hetero) is 1. The van der Waals surface area contributed by atoms with E-state index in [4.69, 9.17) is 10.2 Å². The zero-order valence-electron chi connectivity index (χ0n) is 13.3. The van der Waals surface area contributed by atoms with Crippen LogP contribution in [0.4, 0.5) is 0 Å². The summed E-state index contributed by atoms with van der Waals surface area (Å²) >= 11 is 0. The summed E-state index contributed by atoms with van der Waals surface area (Å²) in [4.78, 5) is 11.5. The first-order valence-electron chi connectivity index (χ1n) is 8.51. The summed E-state index contributed by atoms with van der Waals surface area (Å²) < 4.78 is 0. The third-order valence-electron chi connectivity index (χ3n) is 3.78. The first-order valence-corrected chi connectivity index (χ1v) is 8.51. The molecule has 0 spiro atoms. The minimum Gasteiger partial charge on any atom is -0.394 e. The Morgan fingerprint density at radius 3 is 1.85 bits per heavy atom. The van der Waals surface area contributed by atoms with Crippen LogP contribution in [0, 0.1) is 0 Å². The SMILES string of the molecule is CCCCCCCCCCCCC(=O)CCC(O)CO. The molecule has 1 unspecified atom stereocenters. The Bertz CT molecular complexity index is 216. The van der Waals surface area contributed by atoms with Gasteiger partial charge in [-0.05, 0) is 12.8 Å². The Labute approximate surface area is 124 Å². The number of carbonyl (C=O) groups excluding carboxylic acids is 1. The van der Waals surface area contributed by atoms with Gasteiger partial charge >= 0.3 is 0 Å². The Morgan fingerprint density at radius 1 is 0.850 bits per heavy atom. The first kappa shape index (κ1) is 19.6. The molecule has 0 amide bonds. The van der Waals surface area contributed by atoms with E-state index in [2.05, 4.69) is 6.92 Å². The standard InChI is InChI=1S/C17H34O3/c1-2-3-4-5-6-7-8-9-10-11-12-16(19)13-14-17(20)15-18/h17-18,20H,2-15H2,1H3. The van der Waals surface area contributed by atoms with Crippen molar-refractivity contribution < 1.29 is 15.0 Å². The van der Waals surface area contributed by atoms with Gasteiger partial charge < -0.3 is 10.2 Å². The highest BCUT2D eigenvalue weighted by atomic mass is 16.3. The highest BCUT2D eigenvalue weighted by molar-refractivity contribution is 5.78. The molecule has 20 heavy (non-hydrogen) atoms. The van der Waals surface area contributed by atoms with Crippen molar-refractivity contribution in [2.75, 3.05) is 6.61 Å². The van der Waals surface area contributed by atoms with Gasteiger partial charge in [-0.1, -0.05) is 64.7 Å². The summed E-state index contributed by atoms with van der Waals surface area (Å²) in [6, 6.07) is 0. The van der Waals surface area contributed by atoms with Crippen molar-refractivity contribution in [1.29, 1.82) is 0 Å². The third kappa shape index (κ3) is 14.0. The molecule has 0 bridgehead atoms. The third-order valence-corrected chi connectivity index (χ3v) is 3.78. The van der Waals surface area contributed by atoms with E-state index in [0.717, 1.165) is 12.8 Å². The lowest BCUT2D eigenvalue weighted by molar-refractivity contribution is -0.119. The Morgan fingerprint density at radius 2 is 1.35 bits per heavy atom. The van der Waals surface area contributed by atoms with Crippen LogP contribution in [0.5, 0.6) is 0 Å². The molecule has 2 N–H and O–H groups in total. The molecule has 3 nitrogen and oxygen atoms in total. The van der Waals surface area contributed by atoms with Gasteiger partial charge in [-0.2, -0.15) is 0 Å². The minimum atomic E-state index is -0.730. The Kier molecular flexibility index (Phi) is 14.7. The van der Waals surface area contributed by atoms with Crippen LogP contribution in [-0.4, -0.2) is 28.7 Å². The topological polar surface area (TPSA) is 57.5 Å². The lowest BCUT2D eigenvalue weighted by Gasteiger charge is -2.06. The predicted octanol–water partition coefficient (Wildman–Crippen LogP) is 4.00. The molecule has 120 valence electrons. The molecule has 0 radical (unpaired) electrons. The molecule has 1 atom stereocenters. The summed E-state index contributed by atoms with van der Waals surface area (Å²) in [5.41, 5.74) is 0. The molecule has 0 aliphatic heterocycles. The van der Waals surface area contributed by atoms with E-state index in [9.17, 15) is 4.79 Å². The fourth-order valence-corrected chi connectivity index (χ4v) is 2.35. The summed E-state index contributed by atoms with van der Waals surface area (Å²) in [6.45, 7) is 2.00. The van der Waals surface area contributed by atoms with Gasteiger partial charge in [-0.15, -0.1) is 0 Å². The molecule has 0 saturated heterocycles. The van der Waals surface area contributed by atoms with Gasteiger partial charge in [0.1, 0.15) is 5.78 Å². The molecular weight excluding hydrogens is 252 g/mol. The highest BCUT2D eigenvalue weighted by Crippen LogP contribution is 2.12. The maximum absolute atomic E-state index is 11.5. The van der Waals surface area contributed by atoms with Crippen molar-refractivity contribution >= 4 is 5.78 Å². The molecule has 0 rings (SSSR count). The van der Waals surface area contributed by atoms with E-state index in [1.165, 1.54) is 51.4 Å². The lowest BCUT2D eigenvalue weighted by atomic mass is 10.0. The van der Waals surface area contributed by atoms with Crippen molar-refractivity contribution in [2.45, 2.75) is 96.5 Å². The van der Waals surface area contributed by atoms with E-state index in [-0.39, 0.29) is 12.4 Å². The van der Waals surface area contributed by atoms with E-state index in [1.807, 2.05) is 0 Å². The van der Waals surface area contributed by atoms with E-state index >= 15 is 0 Å². The summed E-state index contributed by atoms with van der Waals surface area (Å²) in [7, 11) is 0. The van der Waals surface area contributed by atoms with Gasteiger partial charge in [0, 0.05) is 12.8 Å². The van der Waals surface area contributed by atoms with Gasteiger partial charge in [-0.3, -0.25) is 4.79 Å². The van der Waals surface area contributed by atoms with Gasteiger partial charge in [0.25, 0.3) is 0 Å². The molecule has 0 heterocycles. The summed E-state index contributed by atoms with van der Waals surface area (Å²) in [6.07, 6.45) is 13.5. The molecular formula is C17H34O3. The minimum absolute atomic E-state index is 0.220. The molecule has 0 aromatic heterocycles. The molecule has 0 aromatic carbocycles. The molecule has 0 aromatic rings. The van der Waals surface area contributed by atoms with Crippen molar-refractivity contribution in [3.8, 4) is 0 Å². The van der Waals surface area contributed by atoms with Crippen LogP contribution in [0.2, 0.25) is 0 Å². The lowest BCUT2D eigenvalue weighted by Crippen LogP contribution is -2.13. The summed E-state index contributed by atoms with van der Waals surface area (Å²) in [5, 5.41) is 17.8.